The Morgan fingerprint density at radius 2 is 2.26 bits per heavy atom. The minimum Gasteiger partial charge on any atom is -0.387 e. The van der Waals surface area contributed by atoms with E-state index in [0.717, 1.165) is 0 Å². The fourth-order valence-electron chi connectivity index (χ4n) is 2.42. The van der Waals surface area contributed by atoms with Gasteiger partial charge in [-0.2, -0.15) is 4.98 Å². The van der Waals surface area contributed by atoms with Crippen LogP contribution in [0.2, 0.25) is 0 Å². The number of fused-ring (bicyclic) bond motifs is 1. The van der Waals surface area contributed by atoms with E-state index in [9.17, 15) is 15.0 Å². The third-order valence-corrected chi connectivity index (χ3v) is 4.06. The first-order chi connectivity index (χ1) is 10.9. The number of imidazole rings is 1. The molecule has 2 aromatic rings. The molecule has 0 aromatic carbocycles. The SMILES string of the molecule is CP(N)OC[C@H]1O[C@@H](n2cnc3c(=O)[nH]c(N)nc32)[C@H](O)[C@@H]1O. The van der Waals surface area contributed by atoms with Gasteiger partial charge in [-0.1, -0.05) is 0 Å². The van der Waals surface area contributed by atoms with Crippen molar-refractivity contribution >= 4 is 25.4 Å². The van der Waals surface area contributed by atoms with Crippen molar-refractivity contribution in [2.24, 2.45) is 5.50 Å². The Labute approximate surface area is 131 Å². The molecule has 126 valence electrons. The summed E-state index contributed by atoms with van der Waals surface area (Å²) in [6.45, 7) is 1.74. The quantitative estimate of drug-likeness (QED) is 0.402. The van der Waals surface area contributed by atoms with Crippen LogP contribution in [0.25, 0.3) is 11.2 Å². The molecule has 1 unspecified atom stereocenters. The molecule has 1 saturated heterocycles. The van der Waals surface area contributed by atoms with Crippen LogP contribution in [-0.4, -0.2) is 61.3 Å². The van der Waals surface area contributed by atoms with Crippen molar-refractivity contribution in [3.63, 3.8) is 0 Å². The molecule has 12 heteroatoms. The van der Waals surface area contributed by atoms with E-state index in [1.54, 1.807) is 6.66 Å². The molecule has 0 spiro atoms. The van der Waals surface area contributed by atoms with Crippen LogP contribution in [0.15, 0.2) is 11.1 Å². The third kappa shape index (κ3) is 2.94. The zero-order chi connectivity index (χ0) is 16.7. The Kier molecular flexibility index (Phi) is 4.32. The number of rotatable bonds is 4. The Bertz CT molecular complexity index is 763. The number of aliphatic hydroxyl groups excluding tert-OH is 2. The van der Waals surface area contributed by atoms with Crippen LogP contribution in [0.3, 0.4) is 0 Å². The van der Waals surface area contributed by atoms with Crippen LogP contribution in [-0.2, 0) is 9.26 Å². The second-order valence-electron chi connectivity index (χ2n) is 5.16. The van der Waals surface area contributed by atoms with E-state index in [4.69, 9.17) is 20.5 Å². The summed E-state index contributed by atoms with van der Waals surface area (Å²) in [6, 6.07) is 0. The second-order valence-corrected chi connectivity index (χ2v) is 6.51. The largest absolute Gasteiger partial charge is 0.387 e. The molecule has 0 bridgehead atoms. The maximum atomic E-state index is 11.8. The van der Waals surface area contributed by atoms with Gasteiger partial charge in [0.2, 0.25) is 5.95 Å². The molecule has 2 aromatic heterocycles. The minimum absolute atomic E-state index is 0.0379. The van der Waals surface area contributed by atoms with Crippen molar-refractivity contribution < 1.29 is 19.5 Å². The molecule has 23 heavy (non-hydrogen) atoms. The smallest absolute Gasteiger partial charge is 0.280 e. The molecule has 5 atom stereocenters. The predicted molar refractivity (Wildman–Crippen MR) is 81.5 cm³/mol. The standard InChI is InChI=1S/C11H17N6O5P/c1-23(13)21-2-4-6(18)7(19)10(22-4)17-3-14-5-8(17)15-11(12)16-9(5)20/h3-4,6-7,10,18-19H,2,13H2,1H3,(H3,12,15,16,20)/t4-,6-,7-,10-,23?/m1/s1. The van der Waals surface area contributed by atoms with E-state index in [-0.39, 0.29) is 23.7 Å². The molecule has 3 heterocycles. The van der Waals surface area contributed by atoms with Gasteiger partial charge in [-0.25, -0.2) is 4.98 Å². The number of hydrogen-bond donors (Lipinski definition) is 5. The number of nitrogens with two attached hydrogens (primary N) is 2. The first kappa shape index (κ1) is 16.2. The molecule has 3 rings (SSSR count). The molecule has 1 fully saturated rings. The Balaban J connectivity index is 1.91. The fourth-order valence-corrected chi connectivity index (χ4v) is 2.80. The number of nitrogens with one attached hydrogen (secondary N) is 1. The lowest BCUT2D eigenvalue weighted by molar-refractivity contribution is -0.0462. The summed E-state index contributed by atoms with van der Waals surface area (Å²) in [7, 11) is -1.11. The highest BCUT2D eigenvalue weighted by atomic mass is 31.2. The number of aliphatic hydroxyl groups is 2. The van der Waals surface area contributed by atoms with E-state index in [1.807, 2.05) is 0 Å². The zero-order valence-electron chi connectivity index (χ0n) is 12.2. The van der Waals surface area contributed by atoms with Gasteiger partial charge in [0, 0.05) is 0 Å². The number of hydrogen-bond acceptors (Lipinski definition) is 9. The third-order valence-electron chi connectivity index (χ3n) is 3.50. The molecule has 11 nitrogen and oxygen atoms in total. The average molecular weight is 344 g/mol. The van der Waals surface area contributed by atoms with Crippen LogP contribution in [0.5, 0.6) is 0 Å². The number of nitrogen functional groups attached to an aromatic ring is 1. The number of nitrogens with zero attached hydrogens (tertiary/aromatic N) is 3. The van der Waals surface area contributed by atoms with Crippen molar-refractivity contribution in [1.29, 1.82) is 0 Å². The molecular weight excluding hydrogens is 327 g/mol. The summed E-state index contributed by atoms with van der Waals surface area (Å²) >= 11 is 0. The van der Waals surface area contributed by atoms with Gasteiger partial charge in [-0.15, -0.1) is 0 Å². The summed E-state index contributed by atoms with van der Waals surface area (Å²) in [5.74, 6) is -0.0862. The first-order valence-corrected chi connectivity index (χ1v) is 8.51. The molecule has 7 N–H and O–H groups in total. The summed E-state index contributed by atoms with van der Waals surface area (Å²) in [4.78, 5) is 22.1. The second kappa shape index (κ2) is 6.11. The van der Waals surface area contributed by atoms with Crippen molar-refractivity contribution in [2.75, 3.05) is 19.0 Å². The van der Waals surface area contributed by atoms with Gasteiger partial charge in [0.25, 0.3) is 5.56 Å². The molecule has 0 saturated carbocycles. The number of H-pyrrole nitrogens is 1. The first-order valence-electron chi connectivity index (χ1n) is 6.73. The lowest BCUT2D eigenvalue weighted by Crippen LogP contribution is -2.33. The van der Waals surface area contributed by atoms with E-state index in [1.165, 1.54) is 10.9 Å². The normalized spacial score (nSPS) is 29.2. The van der Waals surface area contributed by atoms with Gasteiger partial charge in [0.15, 0.2) is 17.4 Å². The molecule has 0 radical (unpaired) electrons. The van der Waals surface area contributed by atoms with Crippen LogP contribution >= 0.6 is 8.30 Å². The topological polar surface area (TPSA) is 175 Å². The van der Waals surface area contributed by atoms with E-state index in [2.05, 4.69) is 15.0 Å². The van der Waals surface area contributed by atoms with Gasteiger partial charge < -0.3 is 25.2 Å². The minimum atomic E-state index is -1.25. The summed E-state index contributed by atoms with van der Waals surface area (Å²) in [6.07, 6.45) is -2.86. The molecular formula is C11H17N6O5P. The maximum Gasteiger partial charge on any atom is 0.280 e. The molecule has 0 amide bonds. The van der Waals surface area contributed by atoms with Crippen LogP contribution in [0, 0.1) is 0 Å². The van der Waals surface area contributed by atoms with Gasteiger partial charge in [0.1, 0.15) is 18.3 Å². The monoisotopic (exact) mass is 344 g/mol. The number of ether oxygens (including phenoxy) is 1. The van der Waals surface area contributed by atoms with Crippen molar-refractivity contribution in [3.8, 4) is 0 Å². The number of anilines is 1. The van der Waals surface area contributed by atoms with E-state index < -0.39 is 38.4 Å². The van der Waals surface area contributed by atoms with Gasteiger partial charge in [-0.3, -0.25) is 19.8 Å². The van der Waals surface area contributed by atoms with E-state index >= 15 is 0 Å². The summed E-state index contributed by atoms with van der Waals surface area (Å²) in [5, 5.41) is 20.3. The molecule has 1 aliphatic heterocycles. The lowest BCUT2D eigenvalue weighted by atomic mass is 10.1. The Morgan fingerprint density at radius 3 is 2.96 bits per heavy atom. The van der Waals surface area contributed by atoms with Crippen LogP contribution in [0.1, 0.15) is 6.23 Å². The Hall–Kier alpha value is -1.62. The predicted octanol–water partition coefficient (Wildman–Crippen LogP) is -1.76. The summed E-state index contributed by atoms with van der Waals surface area (Å²) < 4.78 is 12.2. The van der Waals surface area contributed by atoms with Gasteiger partial charge in [-0.05, 0) is 6.66 Å². The number of aromatic amines is 1. The van der Waals surface area contributed by atoms with Crippen molar-refractivity contribution in [1.82, 2.24) is 19.5 Å². The number of aromatic nitrogens is 4. The molecule has 0 aliphatic carbocycles. The van der Waals surface area contributed by atoms with Gasteiger partial charge in [0.05, 0.1) is 21.2 Å². The van der Waals surface area contributed by atoms with Crippen molar-refractivity contribution in [2.45, 2.75) is 24.5 Å². The van der Waals surface area contributed by atoms with Crippen LogP contribution < -0.4 is 16.8 Å². The lowest BCUT2D eigenvalue weighted by Gasteiger charge is -2.16. The highest BCUT2D eigenvalue weighted by molar-refractivity contribution is 7.49. The van der Waals surface area contributed by atoms with Crippen LogP contribution in [0.4, 0.5) is 5.95 Å². The van der Waals surface area contributed by atoms with Gasteiger partial charge >= 0.3 is 0 Å². The Morgan fingerprint density at radius 1 is 1.52 bits per heavy atom. The van der Waals surface area contributed by atoms with E-state index in [0.29, 0.717) is 0 Å². The highest BCUT2D eigenvalue weighted by Gasteiger charge is 2.44. The molecule has 1 aliphatic rings. The summed E-state index contributed by atoms with van der Waals surface area (Å²) in [5.41, 5.74) is 10.8. The highest BCUT2D eigenvalue weighted by Crippen LogP contribution is 2.33. The average Bonchev–Trinajstić information content (AvgIpc) is 3.00. The fraction of sp³-hybridized carbons (Fsp3) is 0.545. The zero-order valence-corrected chi connectivity index (χ0v) is 13.1. The maximum absolute atomic E-state index is 11.8. The van der Waals surface area contributed by atoms with Crippen molar-refractivity contribution in [3.05, 3.63) is 16.7 Å².